The number of carbonyl (C=O) groups excluding carboxylic acids is 1. The fourth-order valence-corrected chi connectivity index (χ4v) is 5.23. The number of carbonyl (C=O) groups is 1. The Morgan fingerprint density at radius 2 is 1.67 bits per heavy atom. The SMILES string of the molecule is CC[C@H]1O[C@@H](CC)[C@](C2=CC(OC(=O)c3ccccc3)=C(C3CC3)CC2)(c2ccccc2)O1. The molecule has 2 aromatic rings. The van der Waals surface area contributed by atoms with Gasteiger partial charge in [-0.1, -0.05) is 62.4 Å². The summed E-state index contributed by atoms with van der Waals surface area (Å²) in [6.07, 6.45) is 7.48. The van der Waals surface area contributed by atoms with Crippen molar-refractivity contribution in [2.75, 3.05) is 0 Å². The molecule has 4 heteroatoms. The van der Waals surface area contributed by atoms with E-state index in [0.717, 1.165) is 36.8 Å². The normalized spacial score (nSPS) is 27.4. The third-order valence-corrected chi connectivity index (χ3v) is 7.04. The topological polar surface area (TPSA) is 44.8 Å². The number of esters is 1. The van der Waals surface area contributed by atoms with E-state index in [2.05, 4.69) is 44.2 Å². The molecule has 2 aliphatic carbocycles. The second-order valence-corrected chi connectivity index (χ2v) is 9.18. The molecule has 1 saturated heterocycles. The van der Waals surface area contributed by atoms with Gasteiger partial charge in [0, 0.05) is 0 Å². The van der Waals surface area contributed by atoms with Gasteiger partial charge < -0.3 is 14.2 Å². The minimum absolute atomic E-state index is 0.0929. The van der Waals surface area contributed by atoms with Crippen molar-refractivity contribution in [3.05, 3.63) is 94.8 Å². The lowest BCUT2D eigenvalue weighted by atomic mass is 9.75. The summed E-state index contributed by atoms with van der Waals surface area (Å²) < 4.78 is 19.1. The molecule has 2 fully saturated rings. The van der Waals surface area contributed by atoms with Crippen LogP contribution >= 0.6 is 0 Å². The van der Waals surface area contributed by atoms with E-state index in [1.807, 2.05) is 24.3 Å². The predicted molar refractivity (Wildman–Crippen MR) is 127 cm³/mol. The van der Waals surface area contributed by atoms with Crippen LogP contribution in [0.15, 0.2) is 83.6 Å². The Kier molecular flexibility index (Phi) is 6.22. The summed E-state index contributed by atoms with van der Waals surface area (Å²) in [4.78, 5) is 13.0. The summed E-state index contributed by atoms with van der Waals surface area (Å²) in [7, 11) is 0. The smallest absolute Gasteiger partial charge is 0.343 e. The highest BCUT2D eigenvalue weighted by Gasteiger charge is 2.53. The minimum Gasteiger partial charge on any atom is -0.423 e. The Morgan fingerprint density at radius 3 is 2.30 bits per heavy atom. The van der Waals surface area contributed by atoms with E-state index in [9.17, 15) is 4.79 Å². The number of hydrogen-bond acceptors (Lipinski definition) is 4. The molecule has 0 spiro atoms. The summed E-state index contributed by atoms with van der Waals surface area (Å²) in [6.45, 7) is 4.24. The summed E-state index contributed by atoms with van der Waals surface area (Å²) in [6, 6.07) is 19.6. The highest BCUT2D eigenvalue weighted by Crippen LogP contribution is 2.52. The maximum Gasteiger partial charge on any atom is 0.343 e. The van der Waals surface area contributed by atoms with Crippen molar-refractivity contribution < 1.29 is 19.0 Å². The third kappa shape index (κ3) is 4.18. The van der Waals surface area contributed by atoms with Crippen molar-refractivity contribution in [2.24, 2.45) is 5.92 Å². The molecule has 0 amide bonds. The summed E-state index contributed by atoms with van der Waals surface area (Å²) in [5.74, 6) is 0.929. The first-order valence-corrected chi connectivity index (χ1v) is 12.3. The van der Waals surface area contributed by atoms with Crippen LogP contribution in [0.5, 0.6) is 0 Å². The molecular formula is C29H32O4. The molecule has 0 bridgehead atoms. The summed E-state index contributed by atoms with van der Waals surface area (Å²) >= 11 is 0. The van der Waals surface area contributed by atoms with Crippen molar-refractivity contribution in [3.63, 3.8) is 0 Å². The van der Waals surface area contributed by atoms with Gasteiger partial charge in [-0.05, 0) is 79.4 Å². The van der Waals surface area contributed by atoms with E-state index in [4.69, 9.17) is 14.2 Å². The minimum atomic E-state index is -0.670. The summed E-state index contributed by atoms with van der Waals surface area (Å²) in [5, 5.41) is 0. The van der Waals surface area contributed by atoms with Crippen LogP contribution in [0, 0.1) is 5.92 Å². The van der Waals surface area contributed by atoms with E-state index < -0.39 is 5.60 Å². The Hall–Kier alpha value is -2.69. The highest BCUT2D eigenvalue weighted by atomic mass is 16.7. The Labute approximate surface area is 196 Å². The molecule has 3 atom stereocenters. The standard InChI is InChI=1S/C29H32O4/c1-3-26-29(33-27(4-2)32-26,22-13-9-6-10-14-22)23-17-18-24(20-15-16-20)25(19-23)31-28(30)21-11-7-5-8-12-21/h5-14,19-20,26-27H,3-4,15-18H2,1-2H3/t26-,27-,29+/m0/s1. The first-order chi connectivity index (χ1) is 16.2. The van der Waals surface area contributed by atoms with E-state index in [1.165, 1.54) is 18.4 Å². The van der Waals surface area contributed by atoms with E-state index in [0.29, 0.717) is 17.2 Å². The molecule has 4 nitrogen and oxygen atoms in total. The Balaban J connectivity index is 1.57. The molecule has 0 aromatic heterocycles. The molecule has 5 rings (SSSR count). The van der Waals surface area contributed by atoms with Gasteiger partial charge in [-0.2, -0.15) is 0 Å². The van der Waals surface area contributed by atoms with Crippen LogP contribution in [0.2, 0.25) is 0 Å². The van der Waals surface area contributed by atoms with Crippen molar-refractivity contribution in [1.82, 2.24) is 0 Å². The van der Waals surface area contributed by atoms with Gasteiger partial charge in [-0.25, -0.2) is 4.79 Å². The lowest BCUT2D eigenvalue weighted by Gasteiger charge is -2.37. The zero-order chi connectivity index (χ0) is 22.8. The second kappa shape index (κ2) is 9.28. The molecule has 1 saturated carbocycles. The van der Waals surface area contributed by atoms with Crippen LogP contribution in [0.25, 0.3) is 0 Å². The zero-order valence-corrected chi connectivity index (χ0v) is 19.5. The van der Waals surface area contributed by atoms with Gasteiger partial charge in [0.2, 0.25) is 0 Å². The molecule has 0 radical (unpaired) electrons. The molecule has 0 unspecified atom stereocenters. The van der Waals surface area contributed by atoms with Crippen LogP contribution in [0.4, 0.5) is 0 Å². The molecule has 2 aromatic carbocycles. The first kappa shape index (κ1) is 22.1. The van der Waals surface area contributed by atoms with Crippen molar-refractivity contribution in [2.45, 2.75) is 70.4 Å². The zero-order valence-electron chi connectivity index (χ0n) is 19.5. The van der Waals surface area contributed by atoms with Gasteiger partial charge in [0.05, 0.1) is 11.7 Å². The van der Waals surface area contributed by atoms with Gasteiger partial charge in [-0.15, -0.1) is 0 Å². The molecule has 0 N–H and O–H groups in total. The van der Waals surface area contributed by atoms with Gasteiger partial charge >= 0.3 is 5.97 Å². The van der Waals surface area contributed by atoms with Crippen molar-refractivity contribution >= 4 is 5.97 Å². The van der Waals surface area contributed by atoms with Gasteiger partial charge in [0.1, 0.15) is 11.4 Å². The van der Waals surface area contributed by atoms with Crippen LogP contribution < -0.4 is 0 Å². The maximum atomic E-state index is 13.0. The quantitative estimate of drug-likeness (QED) is 0.447. The van der Waals surface area contributed by atoms with Gasteiger partial charge in [0.15, 0.2) is 6.29 Å². The van der Waals surface area contributed by atoms with Gasteiger partial charge in [0.25, 0.3) is 0 Å². The van der Waals surface area contributed by atoms with Crippen LogP contribution in [0.1, 0.15) is 68.3 Å². The van der Waals surface area contributed by atoms with E-state index in [-0.39, 0.29) is 18.4 Å². The maximum absolute atomic E-state index is 13.0. The molecular weight excluding hydrogens is 412 g/mol. The number of hydrogen-bond donors (Lipinski definition) is 0. The number of rotatable bonds is 7. The second-order valence-electron chi connectivity index (χ2n) is 9.18. The average Bonchev–Trinajstić information content (AvgIpc) is 3.64. The number of benzene rings is 2. The monoisotopic (exact) mass is 444 g/mol. The number of ether oxygens (including phenoxy) is 3. The number of allylic oxidation sites excluding steroid dienone is 2. The fourth-order valence-electron chi connectivity index (χ4n) is 5.23. The molecule has 1 aliphatic heterocycles. The predicted octanol–water partition coefficient (Wildman–Crippen LogP) is 6.68. The van der Waals surface area contributed by atoms with Crippen molar-refractivity contribution in [1.29, 1.82) is 0 Å². The third-order valence-electron chi connectivity index (χ3n) is 7.04. The molecule has 3 aliphatic rings. The van der Waals surface area contributed by atoms with E-state index in [1.54, 1.807) is 12.1 Å². The first-order valence-electron chi connectivity index (χ1n) is 12.3. The van der Waals surface area contributed by atoms with Crippen LogP contribution in [0.3, 0.4) is 0 Å². The molecule has 172 valence electrons. The van der Waals surface area contributed by atoms with Crippen molar-refractivity contribution in [3.8, 4) is 0 Å². The summed E-state index contributed by atoms with van der Waals surface area (Å²) in [5.41, 5.74) is 3.40. The van der Waals surface area contributed by atoms with E-state index >= 15 is 0 Å². The molecule has 1 heterocycles. The van der Waals surface area contributed by atoms with Crippen LogP contribution in [-0.4, -0.2) is 18.4 Å². The fraction of sp³-hybridized carbons (Fsp3) is 0.414. The Bertz CT molecular complexity index is 1050. The highest BCUT2D eigenvalue weighted by molar-refractivity contribution is 5.90. The lowest BCUT2D eigenvalue weighted by molar-refractivity contribution is -0.0841. The lowest BCUT2D eigenvalue weighted by Crippen LogP contribution is -2.39. The van der Waals surface area contributed by atoms with Crippen LogP contribution in [-0.2, 0) is 19.8 Å². The Morgan fingerprint density at radius 1 is 0.970 bits per heavy atom. The largest absolute Gasteiger partial charge is 0.423 e. The van der Waals surface area contributed by atoms with Gasteiger partial charge in [-0.3, -0.25) is 0 Å². The average molecular weight is 445 g/mol. The molecule has 33 heavy (non-hydrogen) atoms.